The quantitative estimate of drug-likeness (QED) is 0.605. The average Bonchev–Trinajstić information content (AvgIpc) is 2.31. The molecule has 4 nitrogen and oxygen atoms in total. The first-order valence-electron chi connectivity index (χ1n) is 6.91. The van der Waals surface area contributed by atoms with Crippen molar-refractivity contribution in [2.45, 2.75) is 51.2 Å². The second kappa shape index (κ2) is 8.46. The zero-order valence-corrected chi connectivity index (χ0v) is 12.5. The maximum Gasteiger partial charge on any atom is 0.390 e. The maximum absolute atomic E-state index is 12.0. The fraction of sp³-hybridized carbons (Fsp3) is 0.923. The molecule has 1 atom stereocenters. The second-order valence-electron chi connectivity index (χ2n) is 5.35. The summed E-state index contributed by atoms with van der Waals surface area (Å²) in [5, 5.41) is 3.05. The number of halogens is 3. The Hall–Kier alpha value is -0.820. The van der Waals surface area contributed by atoms with Crippen molar-refractivity contribution in [2.24, 2.45) is 5.73 Å². The van der Waals surface area contributed by atoms with Crippen LogP contribution in [0.4, 0.5) is 13.2 Å². The zero-order valence-electron chi connectivity index (χ0n) is 12.5. The molecule has 1 unspecified atom stereocenters. The van der Waals surface area contributed by atoms with E-state index in [1.54, 1.807) is 18.9 Å². The van der Waals surface area contributed by atoms with E-state index >= 15 is 0 Å². The second-order valence-corrected chi connectivity index (χ2v) is 5.35. The molecule has 0 fully saturated rings. The van der Waals surface area contributed by atoms with Crippen LogP contribution in [0.1, 0.15) is 39.5 Å². The van der Waals surface area contributed by atoms with E-state index in [4.69, 9.17) is 5.73 Å². The van der Waals surface area contributed by atoms with E-state index in [1.165, 1.54) is 0 Å². The number of hydrogen-bond acceptors (Lipinski definition) is 3. The van der Waals surface area contributed by atoms with Crippen LogP contribution in [-0.4, -0.2) is 49.2 Å². The molecule has 0 aromatic carbocycles. The molecule has 0 spiro atoms. The normalized spacial score (nSPS) is 15.3. The lowest BCUT2D eigenvalue weighted by atomic mass is 9.94. The third-order valence-electron chi connectivity index (χ3n) is 3.35. The maximum atomic E-state index is 12.0. The molecule has 7 heteroatoms. The van der Waals surface area contributed by atoms with Crippen LogP contribution in [0.5, 0.6) is 0 Å². The number of nitrogens with two attached hydrogens (primary N) is 1. The molecule has 0 aliphatic heterocycles. The topological polar surface area (TPSA) is 58.4 Å². The summed E-state index contributed by atoms with van der Waals surface area (Å²) in [6.45, 7) is 4.88. The Labute approximate surface area is 118 Å². The number of rotatable bonds is 10. The van der Waals surface area contributed by atoms with Crippen LogP contribution in [0.3, 0.4) is 0 Å². The van der Waals surface area contributed by atoms with E-state index in [1.807, 2.05) is 6.92 Å². The third kappa shape index (κ3) is 8.37. The van der Waals surface area contributed by atoms with Crippen LogP contribution in [0, 0.1) is 0 Å². The van der Waals surface area contributed by atoms with Gasteiger partial charge in [0, 0.05) is 6.54 Å². The Morgan fingerprint density at radius 2 is 1.80 bits per heavy atom. The summed E-state index contributed by atoms with van der Waals surface area (Å²) < 4.78 is 36.1. The van der Waals surface area contributed by atoms with Gasteiger partial charge >= 0.3 is 6.18 Å². The lowest BCUT2D eigenvalue weighted by Gasteiger charge is -2.27. The van der Waals surface area contributed by atoms with Gasteiger partial charge in [0.25, 0.3) is 0 Å². The highest BCUT2D eigenvalue weighted by atomic mass is 19.4. The van der Waals surface area contributed by atoms with Crippen LogP contribution in [0.25, 0.3) is 0 Å². The minimum Gasteiger partial charge on any atom is -0.368 e. The number of carbonyl (C=O) groups is 1. The van der Waals surface area contributed by atoms with E-state index in [9.17, 15) is 18.0 Å². The van der Waals surface area contributed by atoms with E-state index in [0.29, 0.717) is 19.5 Å². The minimum atomic E-state index is -4.11. The average molecular weight is 297 g/mol. The number of unbranched alkanes of at least 4 members (excludes halogenated alkanes) is 1. The molecule has 0 aliphatic rings. The van der Waals surface area contributed by atoms with Crippen molar-refractivity contribution in [1.82, 2.24) is 10.2 Å². The molecule has 20 heavy (non-hydrogen) atoms. The molecule has 0 bridgehead atoms. The molecule has 3 N–H and O–H groups in total. The van der Waals surface area contributed by atoms with Crippen LogP contribution in [0.15, 0.2) is 0 Å². The summed E-state index contributed by atoms with van der Waals surface area (Å²) in [5.41, 5.74) is 4.62. The molecule has 0 aromatic heterocycles. The van der Waals surface area contributed by atoms with Gasteiger partial charge in [-0.15, -0.1) is 0 Å². The molecule has 0 aromatic rings. The predicted octanol–water partition coefficient (Wildman–Crippen LogP) is 1.89. The number of primary amides is 1. The molecule has 0 radical (unpaired) electrons. The van der Waals surface area contributed by atoms with Gasteiger partial charge in [0.1, 0.15) is 0 Å². The van der Waals surface area contributed by atoms with Gasteiger partial charge in [-0.1, -0.05) is 6.92 Å². The fourth-order valence-electron chi connectivity index (χ4n) is 1.98. The fourth-order valence-corrected chi connectivity index (χ4v) is 1.98. The van der Waals surface area contributed by atoms with E-state index in [2.05, 4.69) is 5.32 Å². The highest BCUT2D eigenvalue weighted by molar-refractivity contribution is 5.84. The number of hydrogen-bond donors (Lipinski definition) is 2. The first kappa shape index (κ1) is 19.2. The highest BCUT2D eigenvalue weighted by Gasteiger charge is 2.29. The van der Waals surface area contributed by atoms with Crippen LogP contribution >= 0.6 is 0 Å². The van der Waals surface area contributed by atoms with Crippen LogP contribution < -0.4 is 11.1 Å². The molecular weight excluding hydrogens is 271 g/mol. The molecule has 1 amide bonds. The summed E-state index contributed by atoms with van der Waals surface area (Å²) in [4.78, 5) is 13.0. The van der Waals surface area contributed by atoms with Crippen LogP contribution in [-0.2, 0) is 4.79 Å². The van der Waals surface area contributed by atoms with E-state index in [0.717, 1.165) is 12.8 Å². The van der Waals surface area contributed by atoms with Crippen molar-refractivity contribution in [3.05, 3.63) is 0 Å². The number of amides is 1. The molecule has 0 rings (SSSR count). The van der Waals surface area contributed by atoms with Gasteiger partial charge in [-0.2, -0.15) is 13.2 Å². The number of alkyl halides is 3. The Kier molecular flexibility index (Phi) is 8.12. The van der Waals surface area contributed by atoms with Gasteiger partial charge in [0.05, 0.1) is 12.0 Å². The summed E-state index contributed by atoms with van der Waals surface area (Å²) >= 11 is 0. The van der Waals surface area contributed by atoms with Gasteiger partial charge in [-0.05, 0) is 46.3 Å². The monoisotopic (exact) mass is 297 g/mol. The van der Waals surface area contributed by atoms with Crippen molar-refractivity contribution in [2.75, 3.05) is 26.7 Å². The molecule has 120 valence electrons. The number of nitrogens with zero attached hydrogens (tertiary/aromatic N) is 1. The minimum absolute atomic E-state index is 0.00377. The SMILES string of the molecule is CCNC(C)(CCCCN(C)CCC(F)(F)F)C(N)=O. The van der Waals surface area contributed by atoms with Gasteiger partial charge in [-0.3, -0.25) is 4.79 Å². The Morgan fingerprint density at radius 3 is 2.25 bits per heavy atom. The summed E-state index contributed by atoms with van der Waals surface area (Å²) in [6.07, 6.45) is -2.83. The molecular formula is C13H26F3N3O. The summed E-state index contributed by atoms with van der Waals surface area (Å²) in [5.74, 6) is -0.398. The number of nitrogens with one attached hydrogen (secondary N) is 1. The Balaban J connectivity index is 3.92. The predicted molar refractivity (Wildman–Crippen MR) is 73.3 cm³/mol. The lowest BCUT2D eigenvalue weighted by Crippen LogP contribution is -2.53. The van der Waals surface area contributed by atoms with E-state index in [-0.39, 0.29) is 6.54 Å². The first-order chi connectivity index (χ1) is 9.10. The van der Waals surface area contributed by atoms with E-state index < -0.39 is 24.0 Å². The van der Waals surface area contributed by atoms with Crippen molar-refractivity contribution < 1.29 is 18.0 Å². The standard InChI is InChI=1S/C13H26F3N3O/c1-4-18-12(2,11(17)20)7-5-6-9-19(3)10-8-13(14,15)16/h18H,4-10H2,1-3H3,(H2,17,20). The smallest absolute Gasteiger partial charge is 0.368 e. The number of likely N-dealkylation sites (N-methyl/N-ethyl adjacent to an activating group) is 1. The van der Waals surface area contributed by atoms with Crippen molar-refractivity contribution in [1.29, 1.82) is 0 Å². The van der Waals surface area contributed by atoms with Gasteiger partial charge in [-0.25, -0.2) is 0 Å². The Morgan fingerprint density at radius 1 is 1.20 bits per heavy atom. The zero-order chi connectivity index (χ0) is 15.8. The highest BCUT2D eigenvalue weighted by Crippen LogP contribution is 2.19. The van der Waals surface area contributed by atoms with Crippen molar-refractivity contribution >= 4 is 5.91 Å². The largest absolute Gasteiger partial charge is 0.390 e. The van der Waals surface area contributed by atoms with Gasteiger partial charge < -0.3 is 16.0 Å². The van der Waals surface area contributed by atoms with Crippen molar-refractivity contribution in [3.63, 3.8) is 0 Å². The molecule has 0 heterocycles. The molecule has 0 saturated carbocycles. The third-order valence-corrected chi connectivity index (χ3v) is 3.35. The molecule has 0 aliphatic carbocycles. The van der Waals surface area contributed by atoms with Crippen molar-refractivity contribution in [3.8, 4) is 0 Å². The van der Waals surface area contributed by atoms with Gasteiger partial charge in [0.2, 0.25) is 5.91 Å². The number of carbonyl (C=O) groups excluding carboxylic acids is 1. The lowest BCUT2D eigenvalue weighted by molar-refractivity contribution is -0.137. The first-order valence-corrected chi connectivity index (χ1v) is 6.91. The summed E-state index contributed by atoms with van der Waals surface area (Å²) in [7, 11) is 1.67. The van der Waals surface area contributed by atoms with Crippen LogP contribution in [0.2, 0.25) is 0 Å². The summed E-state index contributed by atoms with van der Waals surface area (Å²) in [6, 6.07) is 0. The molecule has 0 saturated heterocycles. The van der Waals surface area contributed by atoms with Gasteiger partial charge in [0.15, 0.2) is 0 Å². The Bertz CT molecular complexity index is 297.